The van der Waals surface area contributed by atoms with Crippen LogP contribution in [0.25, 0.3) is 0 Å². The van der Waals surface area contributed by atoms with Gasteiger partial charge in [0.05, 0.1) is 11.6 Å². The molecule has 1 fully saturated rings. The van der Waals surface area contributed by atoms with Crippen LogP contribution in [0.3, 0.4) is 0 Å². The number of carbonyl (C=O) groups is 1. The molecule has 1 aliphatic heterocycles. The zero-order chi connectivity index (χ0) is 14.0. The smallest absolute Gasteiger partial charge is 0.254 e. The van der Waals surface area contributed by atoms with E-state index in [1.807, 2.05) is 38.1 Å². The van der Waals surface area contributed by atoms with Gasteiger partial charge in [-0.2, -0.15) is 0 Å². The third-order valence-corrected chi connectivity index (χ3v) is 4.12. The first-order chi connectivity index (χ1) is 8.96. The lowest BCUT2D eigenvalue weighted by Crippen LogP contribution is -2.48. The number of likely N-dealkylation sites (tertiary alicyclic amines) is 1. The van der Waals surface area contributed by atoms with Crippen molar-refractivity contribution < 1.29 is 9.90 Å². The van der Waals surface area contributed by atoms with Crippen LogP contribution in [0.15, 0.2) is 24.3 Å². The quantitative estimate of drug-likeness (QED) is 0.908. The number of aryl methyl sites for hydroxylation is 1. The zero-order valence-electron chi connectivity index (χ0n) is 12.0. The van der Waals surface area contributed by atoms with E-state index in [4.69, 9.17) is 0 Å². The maximum absolute atomic E-state index is 12.5. The number of amides is 1. The maximum atomic E-state index is 12.5. The predicted molar refractivity (Wildman–Crippen MR) is 76.2 cm³/mol. The number of nitrogens with zero attached hydrogens (tertiary/aromatic N) is 1. The first-order valence-corrected chi connectivity index (χ1v) is 7.05. The third-order valence-electron chi connectivity index (χ3n) is 4.12. The Labute approximate surface area is 115 Å². The third kappa shape index (κ3) is 2.66. The van der Waals surface area contributed by atoms with Crippen LogP contribution < -0.4 is 0 Å². The van der Waals surface area contributed by atoms with Crippen molar-refractivity contribution in [1.29, 1.82) is 0 Å². The van der Waals surface area contributed by atoms with Crippen LogP contribution in [-0.2, 0) is 6.42 Å². The molecule has 1 N–H and O–H groups in total. The number of rotatable bonds is 3. The molecular weight excluding hydrogens is 238 g/mol. The van der Waals surface area contributed by atoms with Crippen molar-refractivity contribution in [2.75, 3.05) is 6.54 Å². The van der Waals surface area contributed by atoms with Gasteiger partial charge in [-0.25, -0.2) is 0 Å². The predicted octanol–water partition coefficient (Wildman–Crippen LogP) is 2.62. The Morgan fingerprint density at radius 3 is 2.47 bits per heavy atom. The summed E-state index contributed by atoms with van der Waals surface area (Å²) in [6.45, 7) is 6.62. The molecule has 1 aliphatic rings. The molecular formula is C16H23NO2. The van der Waals surface area contributed by atoms with Crippen LogP contribution in [0, 0.1) is 0 Å². The van der Waals surface area contributed by atoms with Crippen molar-refractivity contribution in [3.05, 3.63) is 35.4 Å². The van der Waals surface area contributed by atoms with Crippen LogP contribution in [-0.4, -0.2) is 34.1 Å². The minimum absolute atomic E-state index is 0.0181. The van der Waals surface area contributed by atoms with Gasteiger partial charge in [-0.1, -0.05) is 25.5 Å². The topological polar surface area (TPSA) is 40.5 Å². The summed E-state index contributed by atoms with van der Waals surface area (Å²) in [7, 11) is 0. The first-order valence-electron chi connectivity index (χ1n) is 7.05. The second-order valence-electron chi connectivity index (χ2n) is 5.86. The fourth-order valence-electron chi connectivity index (χ4n) is 2.69. The van der Waals surface area contributed by atoms with Gasteiger partial charge in [0.25, 0.3) is 5.91 Å². The maximum Gasteiger partial charge on any atom is 0.254 e. The summed E-state index contributed by atoms with van der Waals surface area (Å²) >= 11 is 0. The molecule has 1 heterocycles. The molecule has 0 bridgehead atoms. The van der Waals surface area contributed by atoms with Crippen molar-refractivity contribution in [1.82, 2.24) is 4.90 Å². The highest BCUT2D eigenvalue weighted by Gasteiger charge is 2.42. The summed E-state index contributed by atoms with van der Waals surface area (Å²) in [5.41, 5.74) is 1.50. The fraction of sp³-hybridized carbons (Fsp3) is 0.562. The summed E-state index contributed by atoms with van der Waals surface area (Å²) in [5.74, 6) is 0.0181. The lowest BCUT2D eigenvalue weighted by molar-refractivity contribution is 0.0394. The molecule has 0 radical (unpaired) electrons. The Morgan fingerprint density at radius 2 is 2.00 bits per heavy atom. The molecule has 1 saturated heterocycles. The summed E-state index contributed by atoms with van der Waals surface area (Å²) in [6, 6.07) is 7.84. The molecule has 2 rings (SSSR count). The van der Waals surface area contributed by atoms with E-state index >= 15 is 0 Å². The molecule has 104 valence electrons. The molecule has 0 spiro atoms. The standard InChI is InChI=1S/C16H23NO2/c1-4-5-12-6-8-13(9-7-12)15(19)17-11-10-14(18)16(17,2)3/h6-9,14,18H,4-5,10-11H2,1-3H3. The number of hydrogen-bond donors (Lipinski definition) is 1. The molecule has 1 aromatic carbocycles. The lowest BCUT2D eigenvalue weighted by atomic mass is 9.98. The molecule has 0 saturated carbocycles. The zero-order valence-corrected chi connectivity index (χ0v) is 12.0. The molecule has 0 aliphatic carbocycles. The van der Waals surface area contributed by atoms with Gasteiger partial charge >= 0.3 is 0 Å². The van der Waals surface area contributed by atoms with Crippen molar-refractivity contribution in [2.24, 2.45) is 0 Å². The van der Waals surface area contributed by atoms with E-state index in [0.717, 1.165) is 12.8 Å². The summed E-state index contributed by atoms with van der Waals surface area (Å²) in [4.78, 5) is 14.3. The van der Waals surface area contributed by atoms with Gasteiger partial charge in [0.1, 0.15) is 0 Å². The first kappa shape index (κ1) is 14.1. The molecule has 1 aromatic rings. The van der Waals surface area contributed by atoms with E-state index in [1.54, 1.807) is 4.90 Å². The highest BCUT2D eigenvalue weighted by molar-refractivity contribution is 5.95. The molecule has 3 heteroatoms. The Kier molecular flexibility index (Phi) is 3.95. The van der Waals surface area contributed by atoms with E-state index in [-0.39, 0.29) is 5.91 Å². The van der Waals surface area contributed by atoms with Crippen LogP contribution in [0.5, 0.6) is 0 Å². The number of aliphatic hydroxyl groups is 1. The van der Waals surface area contributed by atoms with Crippen LogP contribution in [0.4, 0.5) is 0 Å². The monoisotopic (exact) mass is 261 g/mol. The van der Waals surface area contributed by atoms with E-state index in [2.05, 4.69) is 6.92 Å². The summed E-state index contributed by atoms with van der Waals surface area (Å²) in [6.07, 6.45) is 2.38. The van der Waals surface area contributed by atoms with Crippen LogP contribution in [0.1, 0.15) is 49.5 Å². The highest BCUT2D eigenvalue weighted by Crippen LogP contribution is 2.30. The van der Waals surface area contributed by atoms with Gasteiger partial charge in [-0.05, 0) is 44.4 Å². The lowest BCUT2D eigenvalue weighted by Gasteiger charge is -2.33. The van der Waals surface area contributed by atoms with Crippen molar-refractivity contribution in [2.45, 2.75) is 51.7 Å². The number of aliphatic hydroxyl groups excluding tert-OH is 1. The summed E-state index contributed by atoms with van der Waals surface area (Å²) in [5, 5.41) is 9.94. The molecule has 1 amide bonds. The second-order valence-corrected chi connectivity index (χ2v) is 5.86. The normalized spacial score (nSPS) is 21.7. The Morgan fingerprint density at radius 1 is 1.37 bits per heavy atom. The largest absolute Gasteiger partial charge is 0.391 e. The van der Waals surface area contributed by atoms with Gasteiger partial charge in [0.2, 0.25) is 0 Å². The highest BCUT2D eigenvalue weighted by atomic mass is 16.3. The van der Waals surface area contributed by atoms with Gasteiger partial charge in [-0.3, -0.25) is 4.79 Å². The molecule has 3 nitrogen and oxygen atoms in total. The van der Waals surface area contributed by atoms with E-state index in [0.29, 0.717) is 18.5 Å². The van der Waals surface area contributed by atoms with Gasteiger partial charge in [0, 0.05) is 12.1 Å². The fourth-order valence-corrected chi connectivity index (χ4v) is 2.69. The van der Waals surface area contributed by atoms with Crippen molar-refractivity contribution >= 4 is 5.91 Å². The SMILES string of the molecule is CCCc1ccc(C(=O)N2CCC(O)C2(C)C)cc1. The van der Waals surface area contributed by atoms with Crippen molar-refractivity contribution in [3.63, 3.8) is 0 Å². The minimum atomic E-state index is -0.473. The average molecular weight is 261 g/mol. The molecule has 0 aromatic heterocycles. The molecule has 19 heavy (non-hydrogen) atoms. The Hall–Kier alpha value is -1.35. The average Bonchev–Trinajstić information content (AvgIpc) is 2.65. The van der Waals surface area contributed by atoms with Crippen molar-refractivity contribution in [3.8, 4) is 0 Å². The Bertz CT molecular complexity index is 450. The van der Waals surface area contributed by atoms with Crippen LogP contribution in [0.2, 0.25) is 0 Å². The second kappa shape index (κ2) is 5.33. The number of benzene rings is 1. The van der Waals surface area contributed by atoms with Gasteiger partial charge < -0.3 is 10.0 Å². The van der Waals surface area contributed by atoms with Crippen LogP contribution >= 0.6 is 0 Å². The number of carbonyl (C=O) groups excluding carboxylic acids is 1. The minimum Gasteiger partial charge on any atom is -0.391 e. The van der Waals surface area contributed by atoms with E-state index in [9.17, 15) is 9.90 Å². The van der Waals surface area contributed by atoms with E-state index in [1.165, 1.54) is 5.56 Å². The van der Waals surface area contributed by atoms with E-state index < -0.39 is 11.6 Å². The summed E-state index contributed by atoms with van der Waals surface area (Å²) < 4.78 is 0. The number of hydrogen-bond acceptors (Lipinski definition) is 2. The Balaban J connectivity index is 2.16. The molecule has 1 unspecified atom stereocenters. The van der Waals surface area contributed by atoms with Gasteiger partial charge in [-0.15, -0.1) is 0 Å². The van der Waals surface area contributed by atoms with Gasteiger partial charge in [0.15, 0.2) is 0 Å². The molecule has 1 atom stereocenters.